The van der Waals surface area contributed by atoms with Crippen molar-refractivity contribution in [3.63, 3.8) is 0 Å². The van der Waals surface area contributed by atoms with E-state index in [-0.39, 0.29) is 0 Å². The first kappa shape index (κ1) is 10.4. The predicted molar refractivity (Wildman–Crippen MR) is 64.8 cm³/mol. The highest BCUT2D eigenvalue weighted by atomic mass is 14.9. The van der Waals surface area contributed by atoms with Gasteiger partial charge in [0, 0.05) is 23.4 Å². The molecule has 0 atom stereocenters. The fourth-order valence-corrected chi connectivity index (χ4v) is 1.56. The van der Waals surface area contributed by atoms with Crippen LogP contribution in [0.4, 0.5) is 11.6 Å². The lowest BCUT2D eigenvalue weighted by Gasteiger charge is -2.05. The average Bonchev–Trinajstić information content (AvgIpc) is 2.22. The molecule has 16 heavy (non-hydrogen) atoms. The van der Waals surface area contributed by atoms with Crippen molar-refractivity contribution in [3.05, 3.63) is 47.3 Å². The van der Waals surface area contributed by atoms with E-state index in [4.69, 9.17) is 11.5 Å². The molecule has 0 aliphatic heterocycles. The van der Waals surface area contributed by atoms with Crippen molar-refractivity contribution in [2.75, 3.05) is 11.5 Å². The van der Waals surface area contributed by atoms with E-state index in [9.17, 15) is 0 Å². The zero-order chi connectivity index (χ0) is 11.5. The molecule has 4 nitrogen and oxygen atoms in total. The van der Waals surface area contributed by atoms with E-state index in [1.165, 1.54) is 0 Å². The number of hydrogen-bond acceptors (Lipinski definition) is 4. The average molecular weight is 214 g/mol. The van der Waals surface area contributed by atoms with E-state index in [0.29, 0.717) is 18.1 Å². The minimum atomic E-state index is 0.443. The van der Waals surface area contributed by atoms with Crippen LogP contribution in [0.15, 0.2) is 30.3 Å². The van der Waals surface area contributed by atoms with E-state index in [2.05, 4.69) is 9.97 Å². The Balaban J connectivity index is 2.27. The number of nitrogen functional groups attached to an aromatic ring is 2. The van der Waals surface area contributed by atoms with Crippen molar-refractivity contribution in [1.82, 2.24) is 9.97 Å². The summed E-state index contributed by atoms with van der Waals surface area (Å²) in [5, 5.41) is 0. The number of nitrogens with zero attached hydrogens (tertiary/aromatic N) is 2. The molecule has 0 fully saturated rings. The molecule has 82 valence electrons. The summed E-state index contributed by atoms with van der Waals surface area (Å²) in [5.74, 6) is 0.918. The van der Waals surface area contributed by atoms with Gasteiger partial charge in [-0.3, -0.25) is 4.98 Å². The lowest BCUT2D eigenvalue weighted by Crippen LogP contribution is -2.02. The SMILES string of the molecule is Cc1cccc(Cc2ccc(N)nc2N)n1. The molecule has 0 saturated heterocycles. The second-order valence-electron chi connectivity index (χ2n) is 3.73. The molecule has 0 unspecified atom stereocenters. The van der Waals surface area contributed by atoms with Gasteiger partial charge in [-0.25, -0.2) is 4.98 Å². The van der Waals surface area contributed by atoms with Gasteiger partial charge in [-0.15, -0.1) is 0 Å². The molecular weight excluding hydrogens is 200 g/mol. The smallest absolute Gasteiger partial charge is 0.129 e. The fourth-order valence-electron chi connectivity index (χ4n) is 1.56. The van der Waals surface area contributed by atoms with Crippen molar-refractivity contribution in [2.45, 2.75) is 13.3 Å². The second-order valence-corrected chi connectivity index (χ2v) is 3.73. The van der Waals surface area contributed by atoms with Crippen LogP contribution < -0.4 is 11.5 Å². The highest BCUT2D eigenvalue weighted by molar-refractivity contribution is 5.47. The number of pyridine rings is 2. The summed E-state index contributed by atoms with van der Waals surface area (Å²) in [4.78, 5) is 8.44. The molecule has 2 heterocycles. The molecule has 0 radical (unpaired) electrons. The van der Waals surface area contributed by atoms with E-state index in [1.807, 2.05) is 31.2 Å². The van der Waals surface area contributed by atoms with Gasteiger partial charge in [0.05, 0.1) is 0 Å². The molecule has 0 bridgehead atoms. The maximum absolute atomic E-state index is 5.79. The summed E-state index contributed by atoms with van der Waals surface area (Å²) in [6.07, 6.45) is 0.681. The maximum Gasteiger partial charge on any atom is 0.129 e. The molecule has 0 aliphatic rings. The third-order valence-electron chi connectivity index (χ3n) is 2.35. The summed E-state index contributed by atoms with van der Waals surface area (Å²) >= 11 is 0. The molecule has 0 aliphatic carbocycles. The van der Waals surface area contributed by atoms with Crippen molar-refractivity contribution in [2.24, 2.45) is 0 Å². The second kappa shape index (κ2) is 4.18. The zero-order valence-electron chi connectivity index (χ0n) is 9.14. The quantitative estimate of drug-likeness (QED) is 0.794. The van der Waals surface area contributed by atoms with Gasteiger partial charge in [0.15, 0.2) is 0 Å². The number of aryl methyl sites for hydroxylation is 1. The Kier molecular flexibility index (Phi) is 2.72. The topological polar surface area (TPSA) is 77.8 Å². The normalized spacial score (nSPS) is 10.3. The Morgan fingerprint density at radius 1 is 1.06 bits per heavy atom. The van der Waals surface area contributed by atoms with Gasteiger partial charge in [-0.1, -0.05) is 12.1 Å². The van der Waals surface area contributed by atoms with Gasteiger partial charge in [0.2, 0.25) is 0 Å². The van der Waals surface area contributed by atoms with Crippen LogP contribution in [0.5, 0.6) is 0 Å². The van der Waals surface area contributed by atoms with E-state index in [0.717, 1.165) is 17.0 Å². The van der Waals surface area contributed by atoms with Crippen molar-refractivity contribution in [3.8, 4) is 0 Å². The summed E-state index contributed by atoms with van der Waals surface area (Å²) in [7, 11) is 0. The third kappa shape index (κ3) is 2.28. The van der Waals surface area contributed by atoms with Crippen LogP contribution in [0.3, 0.4) is 0 Å². The molecular formula is C12H14N4. The lowest BCUT2D eigenvalue weighted by atomic mass is 10.1. The number of nitrogens with two attached hydrogens (primary N) is 2. The van der Waals surface area contributed by atoms with Crippen LogP contribution in [0.1, 0.15) is 17.0 Å². The molecule has 2 aromatic heterocycles. The fraction of sp³-hybridized carbons (Fsp3) is 0.167. The Hall–Kier alpha value is -2.10. The number of anilines is 2. The van der Waals surface area contributed by atoms with Crippen molar-refractivity contribution >= 4 is 11.6 Å². The van der Waals surface area contributed by atoms with Gasteiger partial charge in [-0.2, -0.15) is 0 Å². The molecule has 2 rings (SSSR count). The van der Waals surface area contributed by atoms with E-state index < -0.39 is 0 Å². The number of aromatic nitrogens is 2. The minimum Gasteiger partial charge on any atom is -0.384 e. The van der Waals surface area contributed by atoms with E-state index >= 15 is 0 Å². The molecule has 4 heteroatoms. The molecule has 0 spiro atoms. The monoisotopic (exact) mass is 214 g/mol. The van der Waals surface area contributed by atoms with E-state index in [1.54, 1.807) is 6.07 Å². The first-order valence-corrected chi connectivity index (χ1v) is 5.08. The van der Waals surface area contributed by atoms with Crippen LogP contribution in [0, 0.1) is 6.92 Å². The van der Waals surface area contributed by atoms with Gasteiger partial charge in [-0.05, 0) is 25.1 Å². The molecule has 2 aromatic rings. The van der Waals surface area contributed by atoms with Crippen LogP contribution in [-0.4, -0.2) is 9.97 Å². The number of rotatable bonds is 2. The van der Waals surface area contributed by atoms with Crippen molar-refractivity contribution < 1.29 is 0 Å². The summed E-state index contributed by atoms with van der Waals surface area (Å²) < 4.78 is 0. The molecule has 0 aromatic carbocycles. The standard InChI is InChI=1S/C12H14N4/c1-8-3-2-4-10(15-8)7-9-5-6-11(13)16-12(9)14/h2-6H,7H2,1H3,(H4,13,14,16). The molecule has 0 amide bonds. The van der Waals surface area contributed by atoms with Gasteiger partial charge < -0.3 is 11.5 Å². The van der Waals surface area contributed by atoms with Crippen LogP contribution in [0.2, 0.25) is 0 Å². The zero-order valence-corrected chi connectivity index (χ0v) is 9.14. The number of hydrogen-bond donors (Lipinski definition) is 2. The Labute approximate surface area is 94.3 Å². The van der Waals surface area contributed by atoms with Crippen LogP contribution >= 0.6 is 0 Å². The first-order chi connectivity index (χ1) is 7.65. The predicted octanol–water partition coefficient (Wildman–Crippen LogP) is 1.54. The minimum absolute atomic E-state index is 0.443. The summed E-state index contributed by atoms with van der Waals surface area (Å²) in [6.45, 7) is 1.97. The Bertz CT molecular complexity index is 508. The molecule has 4 N–H and O–H groups in total. The van der Waals surface area contributed by atoms with Crippen LogP contribution in [-0.2, 0) is 6.42 Å². The highest BCUT2D eigenvalue weighted by Gasteiger charge is 2.03. The summed E-state index contributed by atoms with van der Waals surface area (Å²) in [6, 6.07) is 9.57. The largest absolute Gasteiger partial charge is 0.384 e. The maximum atomic E-state index is 5.79. The van der Waals surface area contributed by atoms with Crippen molar-refractivity contribution in [1.29, 1.82) is 0 Å². The third-order valence-corrected chi connectivity index (χ3v) is 2.35. The Morgan fingerprint density at radius 2 is 1.88 bits per heavy atom. The van der Waals surface area contributed by atoms with Gasteiger partial charge in [0.1, 0.15) is 11.6 Å². The van der Waals surface area contributed by atoms with Gasteiger partial charge in [0.25, 0.3) is 0 Å². The Morgan fingerprint density at radius 3 is 2.56 bits per heavy atom. The lowest BCUT2D eigenvalue weighted by molar-refractivity contribution is 1.03. The highest BCUT2D eigenvalue weighted by Crippen LogP contribution is 2.15. The first-order valence-electron chi connectivity index (χ1n) is 5.08. The van der Waals surface area contributed by atoms with Crippen LogP contribution in [0.25, 0.3) is 0 Å². The molecule has 0 saturated carbocycles. The van der Waals surface area contributed by atoms with Gasteiger partial charge >= 0.3 is 0 Å². The summed E-state index contributed by atoms with van der Waals surface area (Å²) in [5.41, 5.74) is 14.3.